The SMILES string of the molecule is CC(C)(O)[C@H](F)CNC(=O)c1cnc(-c2ccc3cc(C#N)cnn23)cc1Nc1ccc(C2=CCN=C2)nc1. The van der Waals surface area contributed by atoms with Crippen molar-refractivity contribution in [1.82, 2.24) is 24.9 Å². The van der Waals surface area contributed by atoms with E-state index < -0.39 is 17.7 Å². The highest BCUT2D eigenvalue weighted by Gasteiger charge is 2.27. The van der Waals surface area contributed by atoms with E-state index in [1.807, 2.05) is 30.3 Å². The molecule has 0 saturated carbocycles. The number of nitrogens with zero attached hydrogens (tertiary/aromatic N) is 6. The van der Waals surface area contributed by atoms with Crippen molar-refractivity contribution in [1.29, 1.82) is 5.26 Å². The number of hydrogen-bond donors (Lipinski definition) is 3. The van der Waals surface area contributed by atoms with Crippen LogP contribution in [0.25, 0.3) is 22.5 Å². The molecule has 1 aliphatic heterocycles. The van der Waals surface area contributed by atoms with Gasteiger partial charge in [0.2, 0.25) is 0 Å². The van der Waals surface area contributed by atoms with E-state index in [4.69, 9.17) is 0 Å². The molecule has 0 aromatic carbocycles. The molecule has 5 rings (SSSR count). The molecular weight excluding hydrogens is 499 g/mol. The van der Waals surface area contributed by atoms with Crippen LogP contribution in [0.3, 0.4) is 0 Å². The lowest BCUT2D eigenvalue weighted by molar-refractivity contribution is -0.00177. The molecule has 0 unspecified atom stereocenters. The fraction of sp³-hybridized carbons (Fsp3) is 0.214. The first-order chi connectivity index (χ1) is 18.7. The van der Waals surface area contributed by atoms with Crippen molar-refractivity contribution >= 4 is 34.6 Å². The highest BCUT2D eigenvalue weighted by Crippen LogP contribution is 2.28. The molecule has 4 aromatic rings. The molecule has 0 bridgehead atoms. The number of carbonyl (C=O) groups is 1. The molecule has 0 saturated heterocycles. The Balaban J connectivity index is 1.48. The zero-order chi connectivity index (χ0) is 27.6. The molecule has 3 N–H and O–H groups in total. The van der Waals surface area contributed by atoms with Crippen molar-refractivity contribution < 1.29 is 14.3 Å². The van der Waals surface area contributed by atoms with Gasteiger partial charge in [-0.2, -0.15) is 10.4 Å². The summed E-state index contributed by atoms with van der Waals surface area (Å²) in [6.07, 6.45) is 6.60. The lowest BCUT2D eigenvalue weighted by Gasteiger charge is -2.22. The van der Waals surface area contributed by atoms with Gasteiger partial charge in [-0.3, -0.25) is 19.8 Å². The van der Waals surface area contributed by atoms with Gasteiger partial charge in [0.1, 0.15) is 12.2 Å². The lowest BCUT2D eigenvalue weighted by atomic mass is 10.0. The molecule has 39 heavy (non-hydrogen) atoms. The van der Waals surface area contributed by atoms with Crippen LogP contribution in [0, 0.1) is 11.3 Å². The van der Waals surface area contributed by atoms with Gasteiger partial charge in [0.05, 0.1) is 76.2 Å². The van der Waals surface area contributed by atoms with E-state index in [0.29, 0.717) is 40.4 Å². The summed E-state index contributed by atoms with van der Waals surface area (Å²) in [5, 5.41) is 29.2. The minimum Gasteiger partial charge on any atom is -0.387 e. The Morgan fingerprint density at radius 2 is 2.00 bits per heavy atom. The molecule has 5 heterocycles. The molecule has 1 atom stereocenters. The average Bonchev–Trinajstić information content (AvgIpc) is 3.61. The standard InChI is InChI=1S/C28H25FN8O2/c1-28(2,39)26(29)16-34-27(38)21-15-33-24(25-6-4-20-9-17(11-30)12-35-37(20)25)10-23(21)36-19-3-5-22(32-14-19)18-7-8-31-13-18/h3-7,9-10,12-15,26,39H,8,16H2,1-2H3,(H,33,36)(H,34,38)/t26-/m1/s1. The van der Waals surface area contributed by atoms with Crippen LogP contribution in [-0.2, 0) is 0 Å². The summed E-state index contributed by atoms with van der Waals surface area (Å²) in [5.41, 5.74) is 3.64. The van der Waals surface area contributed by atoms with Crippen molar-refractivity contribution in [2.45, 2.75) is 25.6 Å². The first-order valence-electron chi connectivity index (χ1n) is 12.2. The fourth-order valence-electron chi connectivity index (χ4n) is 3.98. The third-order valence-electron chi connectivity index (χ3n) is 6.23. The summed E-state index contributed by atoms with van der Waals surface area (Å²) in [6, 6.07) is 12.8. The van der Waals surface area contributed by atoms with Crippen LogP contribution in [0.2, 0.25) is 0 Å². The second-order valence-corrected chi connectivity index (χ2v) is 9.57. The number of hydrogen-bond acceptors (Lipinski definition) is 8. The number of allylic oxidation sites excluding steroid dienone is 1. The van der Waals surface area contributed by atoms with Crippen LogP contribution in [-0.4, -0.2) is 61.7 Å². The Morgan fingerprint density at radius 3 is 2.69 bits per heavy atom. The van der Waals surface area contributed by atoms with Crippen molar-refractivity contribution in [2.24, 2.45) is 4.99 Å². The van der Waals surface area contributed by atoms with Gasteiger partial charge in [-0.25, -0.2) is 8.91 Å². The number of carbonyl (C=O) groups excluding carboxylic acids is 1. The molecule has 10 nitrogen and oxygen atoms in total. The largest absolute Gasteiger partial charge is 0.387 e. The number of rotatable bonds is 8. The van der Waals surface area contributed by atoms with E-state index in [2.05, 4.69) is 36.8 Å². The van der Waals surface area contributed by atoms with E-state index >= 15 is 0 Å². The number of aliphatic imine (C=N–C) groups is 1. The van der Waals surface area contributed by atoms with Crippen molar-refractivity contribution in [3.05, 3.63) is 77.9 Å². The topological polar surface area (TPSA) is 141 Å². The number of fused-ring (bicyclic) bond motifs is 1. The molecule has 0 radical (unpaired) electrons. The molecule has 0 spiro atoms. The van der Waals surface area contributed by atoms with Crippen LogP contribution in [0.15, 0.2) is 66.1 Å². The fourth-order valence-corrected chi connectivity index (χ4v) is 3.98. The summed E-state index contributed by atoms with van der Waals surface area (Å²) in [7, 11) is 0. The van der Waals surface area contributed by atoms with Gasteiger partial charge in [0.25, 0.3) is 5.91 Å². The monoisotopic (exact) mass is 524 g/mol. The maximum Gasteiger partial charge on any atom is 0.255 e. The summed E-state index contributed by atoms with van der Waals surface area (Å²) in [5.74, 6) is -0.558. The second-order valence-electron chi connectivity index (χ2n) is 9.57. The number of pyridine rings is 2. The van der Waals surface area contributed by atoms with Gasteiger partial charge in [0.15, 0.2) is 0 Å². The van der Waals surface area contributed by atoms with Gasteiger partial charge in [-0.05, 0) is 50.2 Å². The van der Waals surface area contributed by atoms with E-state index in [-0.39, 0.29) is 12.1 Å². The zero-order valence-corrected chi connectivity index (χ0v) is 21.3. The Bertz CT molecular complexity index is 1650. The van der Waals surface area contributed by atoms with E-state index in [9.17, 15) is 19.6 Å². The molecule has 11 heteroatoms. The number of amides is 1. The van der Waals surface area contributed by atoms with Crippen LogP contribution in [0.1, 0.15) is 35.5 Å². The first-order valence-corrected chi connectivity index (χ1v) is 12.2. The maximum absolute atomic E-state index is 14.3. The summed E-state index contributed by atoms with van der Waals surface area (Å²) < 4.78 is 16.0. The third-order valence-corrected chi connectivity index (χ3v) is 6.23. The molecule has 196 valence electrons. The Hall–Kier alpha value is -4.95. The quantitative estimate of drug-likeness (QED) is 0.319. The van der Waals surface area contributed by atoms with Crippen LogP contribution < -0.4 is 10.6 Å². The number of nitrogens with one attached hydrogen (secondary N) is 2. The predicted molar refractivity (Wildman–Crippen MR) is 146 cm³/mol. The van der Waals surface area contributed by atoms with Gasteiger partial charge < -0.3 is 15.7 Å². The lowest BCUT2D eigenvalue weighted by Crippen LogP contribution is -2.42. The number of anilines is 2. The molecule has 0 aliphatic carbocycles. The number of aromatic nitrogens is 4. The first kappa shape index (κ1) is 25.7. The number of halogens is 1. The average molecular weight is 525 g/mol. The zero-order valence-electron chi connectivity index (χ0n) is 21.3. The Morgan fingerprint density at radius 1 is 1.18 bits per heavy atom. The highest BCUT2D eigenvalue weighted by atomic mass is 19.1. The molecular formula is C28H25FN8O2. The summed E-state index contributed by atoms with van der Waals surface area (Å²) in [6.45, 7) is 2.94. The van der Waals surface area contributed by atoms with Crippen LogP contribution in [0.5, 0.6) is 0 Å². The van der Waals surface area contributed by atoms with Gasteiger partial charge >= 0.3 is 0 Å². The van der Waals surface area contributed by atoms with Gasteiger partial charge in [-0.1, -0.05) is 6.08 Å². The molecule has 4 aromatic heterocycles. The number of nitriles is 1. The van der Waals surface area contributed by atoms with Crippen molar-refractivity contribution in [2.75, 3.05) is 18.4 Å². The van der Waals surface area contributed by atoms with Gasteiger partial charge in [0, 0.05) is 18.0 Å². The minimum absolute atomic E-state index is 0.178. The predicted octanol–water partition coefficient (Wildman–Crippen LogP) is 3.71. The highest BCUT2D eigenvalue weighted by molar-refractivity contribution is 6.10. The van der Waals surface area contributed by atoms with E-state index in [1.165, 1.54) is 26.2 Å². The number of alkyl halides is 1. The summed E-state index contributed by atoms with van der Waals surface area (Å²) in [4.78, 5) is 26.2. The van der Waals surface area contributed by atoms with Crippen molar-refractivity contribution in [3.63, 3.8) is 0 Å². The third kappa shape index (κ3) is 5.51. The molecule has 1 aliphatic rings. The van der Waals surface area contributed by atoms with E-state index in [1.54, 1.807) is 29.1 Å². The van der Waals surface area contributed by atoms with Crippen LogP contribution in [0.4, 0.5) is 15.8 Å². The smallest absolute Gasteiger partial charge is 0.255 e. The minimum atomic E-state index is -1.66. The normalized spacial score (nSPS) is 13.7. The second kappa shape index (κ2) is 10.4. The van der Waals surface area contributed by atoms with E-state index in [0.717, 1.165) is 11.3 Å². The van der Waals surface area contributed by atoms with Gasteiger partial charge in [-0.15, -0.1) is 0 Å². The number of aliphatic hydroxyl groups is 1. The van der Waals surface area contributed by atoms with Crippen molar-refractivity contribution in [3.8, 4) is 17.5 Å². The Kier molecular flexibility index (Phi) is 6.87. The molecule has 1 amide bonds. The van der Waals surface area contributed by atoms with Crippen LogP contribution >= 0.6 is 0 Å². The Labute approximate surface area is 223 Å². The summed E-state index contributed by atoms with van der Waals surface area (Å²) >= 11 is 0. The molecule has 0 fully saturated rings. The maximum atomic E-state index is 14.3.